The fourth-order valence-electron chi connectivity index (χ4n) is 5.83. The van der Waals surface area contributed by atoms with Crippen LogP contribution in [0, 0.1) is 0 Å². The third-order valence-electron chi connectivity index (χ3n) is 7.82. The number of phenols is 1. The van der Waals surface area contributed by atoms with Crippen LogP contribution < -0.4 is 21.2 Å². The van der Waals surface area contributed by atoms with E-state index < -0.39 is 7.92 Å². The summed E-state index contributed by atoms with van der Waals surface area (Å²) in [4.78, 5) is 0. The van der Waals surface area contributed by atoms with E-state index in [0.29, 0.717) is 12.3 Å². The maximum absolute atomic E-state index is 10.5. The molecule has 0 aliphatic rings. The van der Waals surface area contributed by atoms with Gasteiger partial charge in [0, 0.05) is 28.9 Å². The molecule has 2 nitrogen and oxygen atoms in total. The van der Waals surface area contributed by atoms with Crippen molar-refractivity contribution >= 4 is 51.1 Å². The second-order valence-electron chi connectivity index (χ2n) is 10.4. The number of phenolic OH excluding ortho intramolecular Hbond substituents is 1. The Kier molecular flexibility index (Phi) is 7.14. The minimum Gasteiger partial charge on any atom is -0.508 e. The predicted octanol–water partition coefficient (Wildman–Crippen LogP) is 8.74. The van der Waals surface area contributed by atoms with Crippen LogP contribution in [0.1, 0.15) is 5.56 Å². The normalized spacial score (nSPS) is 11.3. The Labute approximate surface area is 247 Å². The van der Waals surface area contributed by atoms with Gasteiger partial charge in [-0.1, -0.05) is 146 Å². The molecule has 0 heterocycles. The van der Waals surface area contributed by atoms with Gasteiger partial charge in [0.2, 0.25) is 0 Å². The zero-order valence-electron chi connectivity index (χ0n) is 23.1. The highest BCUT2D eigenvalue weighted by molar-refractivity contribution is 7.80. The van der Waals surface area contributed by atoms with E-state index in [1.807, 2.05) is 18.2 Å². The van der Waals surface area contributed by atoms with Crippen molar-refractivity contribution in [3.8, 4) is 16.9 Å². The van der Waals surface area contributed by atoms with Crippen molar-refractivity contribution in [1.29, 1.82) is 0 Å². The Morgan fingerprint density at radius 1 is 0.476 bits per heavy atom. The molecular formula is C39H30NOP. The van der Waals surface area contributed by atoms with Gasteiger partial charge in [-0.05, 0) is 57.5 Å². The molecule has 0 bridgehead atoms. The number of hydrogen-bond acceptors (Lipinski definition) is 2. The van der Waals surface area contributed by atoms with E-state index in [1.165, 1.54) is 48.6 Å². The zero-order valence-corrected chi connectivity index (χ0v) is 24.0. The summed E-state index contributed by atoms with van der Waals surface area (Å²) in [6.45, 7) is 0.518. The largest absolute Gasteiger partial charge is 0.508 e. The number of benzene rings is 7. The molecule has 7 aromatic rings. The first-order valence-electron chi connectivity index (χ1n) is 14.2. The van der Waals surface area contributed by atoms with E-state index in [4.69, 9.17) is 0 Å². The van der Waals surface area contributed by atoms with Crippen LogP contribution in [0.15, 0.2) is 158 Å². The Morgan fingerprint density at radius 3 is 1.64 bits per heavy atom. The van der Waals surface area contributed by atoms with Gasteiger partial charge in [-0.3, -0.25) is 0 Å². The molecule has 0 fully saturated rings. The van der Waals surface area contributed by atoms with Crippen molar-refractivity contribution in [1.82, 2.24) is 0 Å². The van der Waals surface area contributed by atoms with Crippen LogP contribution >= 0.6 is 7.92 Å². The van der Waals surface area contributed by atoms with E-state index in [9.17, 15) is 5.11 Å². The fraction of sp³-hybridized carbons (Fsp3) is 0.0256. The van der Waals surface area contributed by atoms with Gasteiger partial charge in [0.15, 0.2) is 0 Å². The monoisotopic (exact) mass is 559 g/mol. The molecule has 0 atom stereocenters. The molecule has 0 unspecified atom stereocenters. The maximum atomic E-state index is 10.5. The lowest BCUT2D eigenvalue weighted by molar-refractivity contribution is 0.469. The zero-order chi connectivity index (χ0) is 28.3. The number of rotatable bonds is 7. The molecule has 202 valence electrons. The number of para-hydroxylation sites is 1. The molecule has 0 aliphatic carbocycles. The average molecular weight is 560 g/mol. The summed E-state index contributed by atoms with van der Waals surface area (Å²) in [6.07, 6.45) is 0. The van der Waals surface area contributed by atoms with Crippen molar-refractivity contribution < 1.29 is 5.11 Å². The van der Waals surface area contributed by atoms with Crippen LogP contribution in [-0.2, 0) is 6.54 Å². The lowest BCUT2D eigenvalue weighted by Crippen LogP contribution is -2.22. The Balaban J connectivity index is 1.53. The summed E-state index contributed by atoms with van der Waals surface area (Å²) < 4.78 is 0. The molecular weight excluding hydrogens is 529 g/mol. The van der Waals surface area contributed by atoms with E-state index in [-0.39, 0.29) is 0 Å². The second-order valence-corrected chi connectivity index (χ2v) is 12.6. The van der Waals surface area contributed by atoms with Crippen molar-refractivity contribution in [3.63, 3.8) is 0 Å². The van der Waals surface area contributed by atoms with E-state index >= 15 is 0 Å². The lowest BCUT2D eigenvalue weighted by atomic mass is 9.92. The predicted molar refractivity (Wildman–Crippen MR) is 181 cm³/mol. The smallest absolute Gasteiger partial charge is 0.120 e. The first-order valence-corrected chi connectivity index (χ1v) is 15.6. The standard InChI is InChI=1S/C39H30NOP/c41-36-22-12-9-15-30(36)27-40-35-25-23-28-13-7-10-20-33(28)38(35)39-34-21-11-8-14-29(34)24-26-37(39)42(31-16-3-1-4-17-31)32-18-5-2-6-19-32/h1-26,40-41H,27H2. The number of anilines is 1. The minimum absolute atomic E-state index is 0.301. The van der Waals surface area contributed by atoms with E-state index in [0.717, 1.165) is 11.3 Å². The Bertz CT molecular complexity index is 1960. The molecule has 0 spiro atoms. The number of fused-ring (bicyclic) bond motifs is 2. The van der Waals surface area contributed by atoms with Crippen LogP contribution in [0.2, 0.25) is 0 Å². The van der Waals surface area contributed by atoms with Crippen molar-refractivity contribution in [2.45, 2.75) is 6.54 Å². The molecule has 7 rings (SSSR count). The summed E-state index contributed by atoms with van der Waals surface area (Å²) >= 11 is 0. The number of aromatic hydroxyl groups is 1. The summed E-state index contributed by atoms with van der Waals surface area (Å²) in [5.41, 5.74) is 4.36. The topological polar surface area (TPSA) is 32.3 Å². The fourth-order valence-corrected chi connectivity index (χ4v) is 8.30. The minimum atomic E-state index is -0.857. The van der Waals surface area contributed by atoms with Gasteiger partial charge in [0.05, 0.1) is 0 Å². The van der Waals surface area contributed by atoms with Crippen LogP contribution in [-0.4, -0.2) is 5.11 Å². The van der Waals surface area contributed by atoms with Gasteiger partial charge in [-0.15, -0.1) is 0 Å². The molecule has 3 heteroatoms. The molecule has 7 aromatic carbocycles. The van der Waals surface area contributed by atoms with Gasteiger partial charge in [-0.2, -0.15) is 0 Å². The van der Waals surface area contributed by atoms with Crippen LogP contribution in [0.25, 0.3) is 32.7 Å². The summed E-state index contributed by atoms with van der Waals surface area (Å²) in [6, 6.07) is 55.7. The third kappa shape index (κ3) is 4.91. The molecule has 0 saturated heterocycles. The van der Waals surface area contributed by atoms with Crippen molar-refractivity contribution in [2.75, 3.05) is 5.32 Å². The third-order valence-corrected chi connectivity index (χ3v) is 10.3. The van der Waals surface area contributed by atoms with Gasteiger partial charge >= 0.3 is 0 Å². The Hall–Kier alpha value is -4.91. The molecule has 42 heavy (non-hydrogen) atoms. The van der Waals surface area contributed by atoms with Crippen LogP contribution in [0.3, 0.4) is 0 Å². The Morgan fingerprint density at radius 2 is 1.00 bits per heavy atom. The molecule has 0 radical (unpaired) electrons. The quantitative estimate of drug-likeness (QED) is 0.191. The average Bonchev–Trinajstić information content (AvgIpc) is 3.05. The van der Waals surface area contributed by atoms with Crippen LogP contribution in [0.5, 0.6) is 5.75 Å². The van der Waals surface area contributed by atoms with Crippen molar-refractivity contribution in [2.24, 2.45) is 0 Å². The number of hydrogen-bond donors (Lipinski definition) is 2. The highest BCUT2D eigenvalue weighted by Gasteiger charge is 2.24. The van der Waals surface area contributed by atoms with Gasteiger partial charge in [0.1, 0.15) is 5.75 Å². The SMILES string of the molecule is Oc1ccccc1CNc1ccc2ccccc2c1-c1c(P(c2ccccc2)c2ccccc2)ccc2ccccc12. The molecule has 0 amide bonds. The maximum Gasteiger partial charge on any atom is 0.120 e. The molecule has 2 N–H and O–H groups in total. The molecule has 0 aromatic heterocycles. The van der Waals surface area contributed by atoms with E-state index in [1.54, 1.807) is 6.07 Å². The summed E-state index contributed by atoms with van der Waals surface area (Å²) in [7, 11) is -0.857. The number of nitrogens with one attached hydrogen (secondary N) is 1. The van der Waals surface area contributed by atoms with E-state index in [2.05, 4.69) is 139 Å². The lowest BCUT2D eigenvalue weighted by Gasteiger charge is -2.26. The summed E-state index contributed by atoms with van der Waals surface area (Å²) in [5.74, 6) is 0.301. The van der Waals surface area contributed by atoms with Gasteiger partial charge in [-0.25, -0.2) is 0 Å². The highest BCUT2D eigenvalue weighted by atomic mass is 31.1. The van der Waals surface area contributed by atoms with Crippen molar-refractivity contribution in [3.05, 3.63) is 163 Å². The molecule has 0 saturated carbocycles. The van der Waals surface area contributed by atoms with Crippen LogP contribution in [0.4, 0.5) is 5.69 Å². The highest BCUT2D eigenvalue weighted by Crippen LogP contribution is 2.44. The summed E-state index contributed by atoms with van der Waals surface area (Å²) in [5, 5.41) is 23.0. The van der Waals surface area contributed by atoms with Gasteiger partial charge < -0.3 is 10.4 Å². The first-order chi connectivity index (χ1) is 20.8. The van der Waals surface area contributed by atoms with Gasteiger partial charge in [0.25, 0.3) is 0 Å². The second kappa shape index (κ2) is 11.5. The molecule has 0 aliphatic heterocycles. The first kappa shape index (κ1) is 26.0.